The van der Waals surface area contributed by atoms with E-state index in [1.54, 1.807) is 30.3 Å². The summed E-state index contributed by atoms with van der Waals surface area (Å²) in [5.41, 5.74) is 1.08. The number of nitrogens with one attached hydrogen (secondary N) is 3. The van der Waals surface area contributed by atoms with Crippen molar-refractivity contribution >= 4 is 44.9 Å². The SMILES string of the molecule is CNC(=O)Nc1ccc(NC(=O)CCn2cnc3sccc3c2=O)cc1. The molecule has 0 fully saturated rings. The summed E-state index contributed by atoms with van der Waals surface area (Å²) in [5, 5.41) is 10.2. The summed E-state index contributed by atoms with van der Waals surface area (Å²) in [6.07, 6.45) is 1.61. The summed E-state index contributed by atoms with van der Waals surface area (Å²) >= 11 is 1.41. The van der Waals surface area contributed by atoms with Crippen molar-refractivity contribution in [3.05, 3.63) is 52.4 Å². The van der Waals surface area contributed by atoms with Gasteiger partial charge in [0.2, 0.25) is 5.91 Å². The van der Waals surface area contributed by atoms with Crippen LogP contribution in [0.3, 0.4) is 0 Å². The molecule has 2 aromatic heterocycles. The van der Waals surface area contributed by atoms with Gasteiger partial charge in [-0.25, -0.2) is 9.78 Å². The van der Waals surface area contributed by atoms with E-state index in [0.717, 1.165) is 0 Å². The first-order valence-electron chi connectivity index (χ1n) is 7.88. The van der Waals surface area contributed by atoms with Gasteiger partial charge in [0.1, 0.15) is 4.83 Å². The lowest BCUT2D eigenvalue weighted by Crippen LogP contribution is -2.24. The number of fused-ring (bicyclic) bond motifs is 1. The lowest BCUT2D eigenvalue weighted by molar-refractivity contribution is -0.116. The second-order valence-electron chi connectivity index (χ2n) is 5.46. The van der Waals surface area contributed by atoms with Gasteiger partial charge in [-0.1, -0.05) is 0 Å². The molecule has 134 valence electrons. The molecular formula is C17H17N5O3S. The highest BCUT2D eigenvalue weighted by molar-refractivity contribution is 7.16. The normalized spacial score (nSPS) is 10.5. The van der Waals surface area contributed by atoms with Crippen LogP contribution in [0.25, 0.3) is 10.2 Å². The molecule has 0 bridgehead atoms. The minimum atomic E-state index is -0.316. The Morgan fingerprint density at radius 2 is 1.81 bits per heavy atom. The van der Waals surface area contributed by atoms with Gasteiger partial charge in [-0.2, -0.15) is 0 Å². The third kappa shape index (κ3) is 4.06. The molecule has 26 heavy (non-hydrogen) atoms. The van der Waals surface area contributed by atoms with Crippen molar-refractivity contribution in [2.75, 3.05) is 17.7 Å². The zero-order chi connectivity index (χ0) is 18.5. The van der Waals surface area contributed by atoms with Crippen molar-refractivity contribution in [2.45, 2.75) is 13.0 Å². The molecule has 0 aliphatic rings. The monoisotopic (exact) mass is 371 g/mol. The molecule has 0 radical (unpaired) electrons. The molecule has 1 aromatic carbocycles. The molecule has 3 amide bonds. The van der Waals surface area contributed by atoms with Crippen LogP contribution in [0.4, 0.5) is 16.2 Å². The lowest BCUT2D eigenvalue weighted by atomic mass is 10.2. The number of aromatic nitrogens is 2. The van der Waals surface area contributed by atoms with E-state index in [1.165, 1.54) is 29.3 Å². The van der Waals surface area contributed by atoms with Crippen molar-refractivity contribution in [1.82, 2.24) is 14.9 Å². The van der Waals surface area contributed by atoms with E-state index in [2.05, 4.69) is 20.9 Å². The highest BCUT2D eigenvalue weighted by Crippen LogP contribution is 2.15. The molecule has 0 atom stereocenters. The molecule has 2 heterocycles. The maximum atomic E-state index is 12.3. The topological polar surface area (TPSA) is 105 Å². The van der Waals surface area contributed by atoms with Crippen LogP contribution in [0, 0.1) is 0 Å². The first-order valence-corrected chi connectivity index (χ1v) is 8.76. The van der Waals surface area contributed by atoms with Gasteiger partial charge in [-0.05, 0) is 35.7 Å². The Balaban J connectivity index is 1.57. The first kappa shape index (κ1) is 17.6. The van der Waals surface area contributed by atoms with Gasteiger partial charge in [0, 0.05) is 31.4 Å². The summed E-state index contributed by atoms with van der Waals surface area (Å²) < 4.78 is 1.44. The third-order valence-corrected chi connectivity index (χ3v) is 4.50. The van der Waals surface area contributed by atoms with Crippen LogP contribution in [0.15, 0.2) is 46.8 Å². The second kappa shape index (κ2) is 7.79. The Labute approximate surface area is 152 Å². The maximum Gasteiger partial charge on any atom is 0.318 e. The number of amides is 3. The molecule has 0 aliphatic carbocycles. The average Bonchev–Trinajstić information content (AvgIpc) is 3.12. The fourth-order valence-electron chi connectivity index (χ4n) is 2.33. The Morgan fingerprint density at radius 3 is 2.50 bits per heavy atom. The highest BCUT2D eigenvalue weighted by atomic mass is 32.1. The number of aryl methyl sites for hydroxylation is 1. The number of hydrogen-bond acceptors (Lipinski definition) is 5. The van der Waals surface area contributed by atoms with Crippen LogP contribution in [0.2, 0.25) is 0 Å². The molecule has 3 N–H and O–H groups in total. The number of hydrogen-bond donors (Lipinski definition) is 3. The van der Waals surface area contributed by atoms with Gasteiger partial charge in [0.25, 0.3) is 5.56 Å². The van der Waals surface area contributed by atoms with E-state index < -0.39 is 0 Å². The molecule has 0 saturated heterocycles. The number of urea groups is 1. The second-order valence-corrected chi connectivity index (χ2v) is 6.36. The van der Waals surface area contributed by atoms with Crippen molar-refractivity contribution in [3.8, 4) is 0 Å². The minimum absolute atomic E-state index is 0.145. The number of carbonyl (C=O) groups excluding carboxylic acids is 2. The summed E-state index contributed by atoms with van der Waals surface area (Å²) in [5.74, 6) is -0.214. The largest absolute Gasteiger partial charge is 0.341 e. The minimum Gasteiger partial charge on any atom is -0.341 e. The van der Waals surface area contributed by atoms with Gasteiger partial charge in [-0.15, -0.1) is 11.3 Å². The van der Waals surface area contributed by atoms with Crippen LogP contribution < -0.4 is 21.5 Å². The molecule has 9 heteroatoms. The van der Waals surface area contributed by atoms with Gasteiger partial charge in [0.05, 0.1) is 11.7 Å². The molecule has 3 rings (SSSR count). The van der Waals surface area contributed by atoms with Crippen molar-refractivity contribution in [2.24, 2.45) is 0 Å². The molecule has 0 aliphatic heterocycles. The Kier molecular flexibility index (Phi) is 5.28. The number of anilines is 2. The fraction of sp³-hybridized carbons (Fsp3) is 0.176. The van der Waals surface area contributed by atoms with Crippen LogP contribution in [-0.2, 0) is 11.3 Å². The van der Waals surface area contributed by atoms with Crippen LogP contribution in [0.5, 0.6) is 0 Å². The molecule has 0 spiro atoms. The van der Waals surface area contributed by atoms with E-state index in [9.17, 15) is 14.4 Å². The zero-order valence-electron chi connectivity index (χ0n) is 14.0. The van der Waals surface area contributed by atoms with Gasteiger partial charge in [0.15, 0.2) is 0 Å². The van der Waals surface area contributed by atoms with Gasteiger partial charge < -0.3 is 16.0 Å². The van der Waals surface area contributed by atoms with Crippen LogP contribution in [0.1, 0.15) is 6.42 Å². The predicted octanol–water partition coefficient (Wildman–Crippen LogP) is 2.24. The van der Waals surface area contributed by atoms with Gasteiger partial charge >= 0.3 is 6.03 Å². The van der Waals surface area contributed by atoms with E-state index in [0.29, 0.717) is 21.6 Å². The fourth-order valence-corrected chi connectivity index (χ4v) is 3.05. The zero-order valence-corrected chi connectivity index (χ0v) is 14.8. The first-order chi connectivity index (χ1) is 12.6. The van der Waals surface area contributed by atoms with Crippen molar-refractivity contribution < 1.29 is 9.59 Å². The summed E-state index contributed by atoms with van der Waals surface area (Å²) in [6.45, 7) is 0.250. The van der Waals surface area contributed by atoms with E-state index >= 15 is 0 Å². The Morgan fingerprint density at radius 1 is 1.12 bits per heavy atom. The Bertz CT molecular complexity index is 994. The van der Waals surface area contributed by atoms with E-state index in [4.69, 9.17) is 0 Å². The molecule has 8 nitrogen and oxygen atoms in total. The van der Waals surface area contributed by atoms with Gasteiger partial charge in [-0.3, -0.25) is 14.2 Å². The number of nitrogens with zero attached hydrogens (tertiary/aromatic N) is 2. The Hall–Kier alpha value is -3.20. The maximum absolute atomic E-state index is 12.3. The smallest absolute Gasteiger partial charge is 0.318 e. The quantitative estimate of drug-likeness (QED) is 0.639. The van der Waals surface area contributed by atoms with E-state index in [-0.39, 0.29) is 30.5 Å². The highest BCUT2D eigenvalue weighted by Gasteiger charge is 2.08. The number of benzene rings is 1. The molecular weight excluding hydrogens is 354 g/mol. The standard InChI is InChI=1S/C17H17N5O3S/c1-18-17(25)21-12-4-2-11(3-5-12)20-14(23)6-8-22-10-19-15-13(16(22)24)7-9-26-15/h2-5,7,9-10H,6,8H2,1H3,(H,20,23)(H2,18,21,25). The summed E-state index contributed by atoms with van der Waals surface area (Å²) in [4.78, 5) is 40.5. The lowest BCUT2D eigenvalue weighted by Gasteiger charge is -2.08. The number of thiophene rings is 1. The summed E-state index contributed by atoms with van der Waals surface area (Å²) in [6, 6.07) is 8.17. The summed E-state index contributed by atoms with van der Waals surface area (Å²) in [7, 11) is 1.53. The molecule has 3 aromatic rings. The third-order valence-electron chi connectivity index (χ3n) is 3.68. The van der Waals surface area contributed by atoms with E-state index in [1.807, 2.05) is 5.38 Å². The number of rotatable bonds is 5. The van der Waals surface area contributed by atoms with Crippen molar-refractivity contribution in [3.63, 3.8) is 0 Å². The predicted molar refractivity (Wildman–Crippen MR) is 102 cm³/mol. The number of carbonyl (C=O) groups is 2. The van der Waals surface area contributed by atoms with Crippen LogP contribution >= 0.6 is 11.3 Å². The van der Waals surface area contributed by atoms with Crippen LogP contribution in [-0.4, -0.2) is 28.5 Å². The molecule has 0 unspecified atom stereocenters. The average molecular weight is 371 g/mol. The molecule has 0 saturated carbocycles. The van der Waals surface area contributed by atoms with Crippen molar-refractivity contribution in [1.29, 1.82) is 0 Å².